The van der Waals surface area contributed by atoms with Gasteiger partial charge < -0.3 is 26.4 Å². The molecule has 0 aliphatic carbocycles. The van der Waals surface area contributed by atoms with Crippen LogP contribution in [0.4, 0.5) is 37.6 Å². The van der Waals surface area contributed by atoms with Crippen LogP contribution in [0.1, 0.15) is 13.8 Å². The van der Waals surface area contributed by atoms with E-state index in [1.54, 1.807) is 24.3 Å². The summed E-state index contributed by atoms with van der Waals surface area (Å²) in [6, 6.07) is 9.45. The van der Waals surface area contributed by atoms with Gasteiger partial charge in [0.1, 0.15) is 0 Å². The number of hydrogen-bond donors (Lipinski definition) is 4. The molecule has 0 atom stereocenters. The summed E-state index contributed by atoms with van der Waals surface area (Å²) < 4.78 is 55.8. The Morgan fingerprint density at radius 1 is 1.11 bits per heavy atom. The number of nitrogens with one attached hydrogen (secondary N) is 3. The first-order valence-corrected chi connectivity index (χ1v) is 11.8. The average molecular weight is 508 g/mol. The molecule has 0 radical (unpaired) electrons. The van der Waals surface area contributed by atoms with Crippen molar-refractivity contribution in [1.29, 1.82) is 0 Å². The van der Waals surface area contributed by atoms with E-state index >= 15 is 0 Å². The topological polar surface area (TPSA) is 161 Å². The normalized spacial score (nSPS) is 11.4. The lowest BCUT2D eigenvalue weighted by molar-refractivity contribution is -0.114. The SMILES string of the molecule is CC(C)S(=O)(=O)c1ncccc1Nc1nc(Nc2cccc(NC(=O)CN)c2)ncc1OC(F)F. The van der Waals surface area contributed by atoms with Crippen molar-refractivity contribution in [3.63, 3.8) is 0 Å². The molecule has 0 saturated carbocycles. The zero-order valence-electron chi connectivity index (χ0n) is 18.7. The number of carbonyl (C=O) groups is 1. The van der Waals surface area contributed by atoms with Gasteiger partial charge in [-0.15, -0.1) is 0 Å². The van der Waals surface area contributed by atoms with Crippen molar-refractivity contribution in [2.45, 2.75) is 30.7 Å². The Balaban J connectivity index is 1.96. The predicted molar refractivity (Wildman–Crippen MR) is 126 cm³/mol. The first-order chi connectivity index (χ1) is 16.6. The van der Waals surface area contributed by atoms with Crippen molar-refractivity contribution < 1.29 is 26.7 Å². The van der Waals surface area contributed by atoms with E-state index in [0.717, 1.165) is 6.20 Å². The van der Waals surface area contributed by atoms with Gasteiger partial charge in [-0.25, -0.2) is 18.4 Å². The fourth-order valence-corrected chi connectivity index (χ4v) is 3.86. The number of aromatic nitrogens is 3. The van der Waals surface area contributed by atoms with Crippen LogP contribution in [0.25, 0.3) is 0 Å². The summed E-state index contributed by atoms with van der Waals surface area (Å²) in [6.45, 7) is -0.371. The summed E-state index contributed by atoms with van der Waals surface area (Å²) in [5.74, 6) is -1.04. The quantitative estimate of drug-likeness (QED) is 0.321. The van der Waals surface area contributed by atoms with E-state index in [0.29, 0.717) is 11.4 Å². The standard InChI is InChI=1S/C21H23F2N7O4S/c1-12(2)35(32,33)19-15(7-4-8-25-19)29-18-16(34-20(22)23)11-26-21(30-18)28-14-6-3-5-13(9-14)27-17(31)10-24/h3-9,11-12,20H,10,24H2,1-2H3,(H,27,31)(H2,26,28,29,30). The Morgan fingerprint density at radius 2 is 1.86 bits per heavy atom. The van der Waals surface area contributed by atoms with Gasteiger partial charge in [0.15, 0.2) is 26.4 Å². The average Bonchev–Trinajstić information content (AvgIpc) is 2.81. The Kier molecular flexibility index (Phi) is 8.09. The molecule has 14 heteroatoms. The van der Waals surface area contributed by atoms with E-state index in [1.165, 1.54) is 32.2 Å². The maximum absolute atomic E-state index is 13.0. The van der Waals surface area contributed by atoms with Crippen molar-refractivity contribution in [1.82, 2.24) is 15.0 Å². The van der Waals surface area contributed by atoms with Crippen molar-refractivity contribution in [2.75, 3.05) is 22.5 Å². The van der Waals surface area contributed by atoms with Crippen LogP contribution < -0.4 is 26.4 Å². The first-order valence-electron chi connectivity index (χ1n) is 10.2. The lowest BCUT2D eigenvalue weighted by Gasteiger charge is -2.16. The number of alkyl halides is 2. The molecule has 0 bridgehead atoms. The molecule has 0 unspecified atom stereocenters. The van der Waals surface area contributed by atoms with Gasteiger partial charge in [-0.2, -0.15) is 13.8 Å². The monoisotopic (exact) mass is 507 g/mol. The number of amides is 1. The van der Waals surface area contributed by atoms with Crippen LogP contribution in [0.5, 0.6) is 5.75 Å². The summed E-state index contributed by atoms with van der Waals surface area (Å²) in [6.07, 6.45) is 2.32. The minimum Gasteiger partial charge on any atom is -0.429 e. The van der Waals surface area contributed by atoms with Gasteiger partial charge in [-0.3, -0.25) is 4.79 Å². The third-order valence-electron chi connectivity index (χ3n) is 4.47. The number of nitrogens with two attached hydrogens (primary N) is 1. The molecule has 1 aromatic carbocycles. The number of rotatable bonds is 10. The first kappa shape index (κ1) is 25.7. The highest BCUT2D eigenvalue weighted by Crippen LogP contribution is 2.31. The number of nitrogens with zero attached hydrogens (tertiary/aromatic N) is 3. The molecule has 35 heavy (non-hydrogen) atoms. The van der Waals surface area contributed by atoms with Crippen LogP contribution in [-0.4, -0.2) is 47.7 Å². The molecule has 0 aliphatic heterocycles. The maximum Gasteiger partial charge on any atom is 0.387 e. The van der Waals surface area contributed by atoms with E-state index in [-0.39, 0.29) is 34.9 Å². The van der Waals surface area contributed by atoms with Crippen molar-refractivity contribution in [2.24, 2.45) is 5.73 Å². The summed E-state index contributed by atoms with van der Waals surface area (Å²) in [4.78, 5) is 23.6. The number of anilines is 5. The summed E-state index contributed by atoms with van der Waals surface area (Å²) in [5.41, 5.74) is 6.26. The highest BCUT2D eigenvalue weighted by Gasteiger charge is 2.25. The lowest BCUT2D eigenvalue weighted by Crippen LogP contribution is -2.21. The Bertz CT molecular complexity index is 1310. The third-order valence-corrected chi connectivity index (χ3v) is 6.58. The van der Waals surface area contributed by atoms with Gasteiger partial charge in [0.2, 0.25) is 11.9 Å². The second-order valence-corrected chi connectivity index (χ2v) is 9.74. The highest BCUT2D eigenvalue weighted by atomic mass is 32.2. The van der Waals surface area contributed by atoms with Crippen LogP contribution in [-0.2, 0) is 14.6 Å². The number of hydrogen-bond acceptors (Lipinski definition) is 10. The number of carbonyl (C=O) groups excluding carboxylic acids is 1. The van der Waals surface area contributed by atoms with Crippen LogP contribution in [0.3, 0.4) is 0 Å². The van der Waals surface area contributed by atoms with Gasteiger partial charge in [0, 0.05) is 17.6 Å². The van der Waals surface area contributed by atoms with E-state index < -0.39 is 27.4 Å². The van der Waals surface area contributed by atoms with Gasteiger partial charge in [-0.1, -0.05) is 6.07 Å². The molecule has 3 rings (SSSR count). The number of pyridine rings is 1. The number of halogens is 2. The molecule has 186 valence electrons. The lowest BCUT2D eigenvalue weighted by atomic mass is 10.2. The molecule has 5 N–H and O–H groups in total. The zero-order valence-corrected chi connectivity index (χ0v) is 19.5. The zero-order chi connectivity index (χ0) is 25.6. The van der Waals surface area contributed by atoms with Gasteiger partial charge in [-0.05, 0) is 44.2 Å². The van der Waals surface area contributed by atoms with E-state index in [9.17, 15) is 22.0 Å². The minimum absolute atomic E-state index is 0.0198. The Labute approximate surface area is 200 Å². The smallest absolute Gasteiger partial charge is 0.387 e. The third kappa shape index (κ3) is 6.58. The molecule has 1 amide bonds. The molecule has 2 heterocycles. The van der Waals surface area contributed by atoms with Crippen LogP contribution in [0, 0.1) is 0 Å². The molecule has 0 saturated heterocycles. The molecular formula is C21H23F2N7O4S. The van der Waals surface area contributed by atoms with Crippen molar-refractivity contribution in [3.8, 4) is 5.75 Å². The van der Waals surface area contributed by atoms with E-state index in [4.69, 9.17) is 5.73 Å². The van der Waals surface area contributed by atoms with Crippen molar-refractivity contribution in [3.05, 3.63) is 48.8 Å². The molecule has 0 aliphatic rings. The van der Waals surface area contributed by atoms with Crippen molar-refractivity contribution >= 4 is 44.6 Å². The summed E-state index contributed by atoms with van der Waals surface area (Å²) in [5, 5.41) is 7.16. The molecule has 0 fully saturated rings. The minimum atomic E-state index is -3.80. The second kappa shape index (κ2) is 11.0. The molecule has 11 nitrogen and oxygen atoms in total. The number of ether oxygens (including phenoxy) is 1. The number of sulfone groups is 1. The molecule has 2 aromatic heterocycles. The maximum atomic E-state index is 13.0. The summed E-state index contributed by atoms with van der Waals surface area (Å²) >= 11 is 0. The largest absolute Gasteiger partial charge is 0.429 e. The second-order valence-electron chi connectivity index (χ2n) is 7.32. The molecular weight excluding hydrogens is 484 g/mol. The molecule has 0 spiro atoms. The predicted octanol–water partition coefficient (Wildman–Crippen LogP) is 3.04. The Morgan fingerprint density at radius 3 is 2.54 bits per heavy atom. The summed E-state index contributed by atoms with van der Waals surface area (Å²) in [7, 11) is -3.80. The van der Waals surface area contributed by atoms with E-state index in [1.807, 2.05) is 0 Å². The number of benzene rings is 1. The van der Waals surface area contributed by atoms with Gasteiger partial charge in [0.25, 0.3) is 0 Å². The fraction of sp³-hybridized carbons (Fsp3) is 0.238. The van der Waals surface area contributed by atoms with Gasteiger partial charge >= 0.3 is 6.61 Å². The Hall–Kier alpha value is -3.91. The van der Waals surface area contributed by atoms with Crippen LogP contribution in [0.2, 0.25) is 0 Å². The van der Waals surface area contributed by atoms with Crippen LogP contribution in [0.15, 0.2) is 53.8 Å². The van der Waals surface area contributed by atoms with E-state index in [2.05, 4.69) is 35.6 Å². The van der Waals surface area contributed by atoms with Gasteiger partial charge in [0.05, 0.1) is 23.7 Å². The highest BCUT2D eigenvalue weighted by molar-refractivity contribution is 7.92. The fourth-order valence-electron chi connectivity index (χ4n) is 2.78. The molecule has 3 aromatic rings. The van der Waals surface area contributed by atoms with Crippen LogP contribution >= 0.6 is 0 Å².